The van der Waals surface area contributed by atoms with Gasteiger partial charge in [0, 0.05) is 6.20 Å². The van der Waals surface area contributed by atoms with E-state index in [-0.39, 0.29) is 5.44 Å². The minimum Gasteiger partial charge on any atom is -0.320 e. The average molecular weight is 173 g/mol. The number of aryl methyl sites for hydroxylation is 1. The van der Waals surface area contributed by atoms with Gasteiger partial charge < -0.3 is 9.79 Å². The highest BCUT2D eigenvalue weighted by atomic mass is 31.2. The zero-order chi connectivity index (χ0) is 8.48. The molecular weight excluding hydrogens is 165 g/mol. The molecule has 0 aliphatic carbocycles. The van der Waals surface area contributed by atoms with Gasteiger partial charge >= 0.3 is 7.60 Å². The van der Waals surface area contributed by atoms with Crippen LogP contribution < -0.4 is 5.44 Å². The molecule has 0 saturated carbocycles. The maximum atomic E-state index is 10.7. The summed E-state index contributed by atoms with van der Waals surface area (Å²) in [7, 11) is -4.17. The van der Waals surface area contributed by atoms with E-state index in [1.807, 2.05) is 0 Å². The van der Waals surface area contributed by atoms with Crippen LogP contribution in [0.25, 0.3) is 0 Å². The monoisotopic (exact) mass is 173 g/mol. The predicted molar refractivity (Wildman–Crippen MR) is 40.7 cm³/mol. The van der Waals surface area contributed by atoms with E-state index < -0.39 is 7.60 Å². The van der Waals surface area contributed by atoms with E-state index in [1.54, 1.807) is 19.1 Å². The average Bonchev–Trinajstić information content (AvgIpc) is 1.86. The van der Waals surface area contributed by atoms with Gasteiger partial charge in [0.15, 0.2) is 5.44 Å². The van der Waals surface area contributed by atoms with E-state index in [9.17, 15) is 4.57 Å². The van der Waals surface area contributed by atoms with Crippen LogP contribution in [0.2, 0.25) is 0 Å². The van der Waals surface area contributed by atoms with Crippen LogP contribution in [0.1, 0.15) is 5.56 Å². The van der Waals surface area contributed by atoms with E-state index in [0.29, 0.717) is 5.56 Å². The Morgan fingerprint density at radius 2 is 2.18 bits per heavy atom. The summed E-state index contributed by atoms with van der Waals surface area (Å²) in [5, 5.41) is 0. The Labute approximate surface area is 64.1 Å². The second-order valence-corrected chi connectivity index (χ2v) is 3.70. The maximum Gasteiger partial charge on any atom is 0.374 e. The minimum atomic E-state index is -4.17. The fourth-order valence-electron chi connectivity index (χ4n) is 0.782. The molecule has 0 fully saturated rings. The molecular formula is C6H8NO3P. The molecule has 0 unspecified atom stereocenters. The Hall–Kier alpha value is -0.700. The molecule has 1 aromatic heterocycles. The van der Waals surface area contributed by atoms with Crippen LogP contribution in [-0.2, 0) is 4.57 Å². The van der Waals surface area contributed by atoms with Crippen LogP contribution in [0.15, 0.2) is 18.3 Å². The van der Waals surface area contributed by atoms with Crippen molar-refractivity contribution in [1.82, 2.24) is 4.98 Å². The van der Waals surface area contributed by atoms with Crippen LogP contribution in [0.3, 0.4) is 0 Å². The lowest BCUT2D eigenvalue weighted by molar-refractivity contribution is 0.386. The van der Waals surface area contributed by atoms with Crippen LogP contribution in [0.5, 0.6) is 0 Å². The Bertz CT molecular complexity index is 306. The van der Waals surface area contributed by atoms with Gasteiger partial charge in [-0.2, -0.15) is 0 Å². The van der Waals surface area contributed by atoms with Crippen LogP contribution in [0.4, 0.5) is 0 Å². The van der Waals surface area contributed by atoms with Gasteiger partial charge in [-0.05, 0) is 18.6 Å². The molecule has 0 aliphatic rings. The lowest BCUT2D eigenvalue weighted by Gasteiger charge is -2.04. The Morgan fingerprint density at radius 3 is 2.55 bits per heavy atom. The Balaban J connectivity index is 3.25. The standard InChI is InChI=1S/C6H8NO3P/c1-5-3-2-4-7-6(5)11(8,9)10/h2-4H,1H3,(H2,8,9,10). The van der Waals surface area contributed by atoms with Crippen molar-refractivity contribution in [2.45, 2.75) is 6.92 Å². The van der Waals surface area contributed by atoms with E-state index in [1.165, 1.54) is 6.20 Å². The number of hydrogen-bond acceptors (Lipinski definition) is 2. The second kappa shape index (κ2) is 2.74. The number of nitrogens with zero attached hydrogens (tertiary/aromatic N) is 1. The second-order valence-electron chi connectivity index (χ2n) is 2.19. The van der Waals surface area contributed by atoms with Crippen molar-refractivity contribution in [3.63, 3.8) is 0 Å². The Morgan fingerprint density at radius 1 is 1.55 bits per heavy atom. The zero-order valence-electron chi connectivity index (χ0n) is 5.93. The molecule has 1 heterocycles. The Kier molecular flexibility index (Phi) is 2.09. The maximum absolute atomic E-state index is 10.7. The molecule has 0 bridgehead atoms. The molecule has 0 radical (unpaired) electrons. The van der Waals surface area contributed by atoms with Crippen molar-refractivity contribution in [3.8, 4) is 0 Å². The fourth-order valence-corrected chi connectivity index (χ4v) is 1.53. The lowest BCUT2D eigenvalue weighted by Crippen LogP contribution is -2.11. The highest BCUT2D eigenvalue weighted by Gasteiger charge is 2.20. The first-order valence-corrected chi connectivity index (χ1v) is 4.61. The van der Waals surface area contributed by atoms with Crippen molar-refractivity contribution < 1.29 is 14.4 Å². The molecule has 1 aromatic rings. The lowest BCUT2D eigenvalue weighted by atomic mass is 10.3. The first kappa shape index (κ1) is 8.40. The van der Waals surface area contributed by atoms with Gasteiger partial charge in [-0.15, -0.1) is 0 Å². The predicted octanol–water partition coefficient (Wildman–Crippen LogP) is 0.193. The molecule has 0 amide bonds. The van der Waals surface area contributed by atoms with Gasteiger partial charge in [-0.3, -0.25) is 4.57 Å². The summed E-state index contributed by atoms with van der Waals surface area (Å²) >= 11 is 0. The van der Waals surface area contributed by atoms with E-state index in [0.717, 1.165) is 0 Å². The first-order chi connectivity index (χ1) is 5.02. The summed E-state index contributed by atoms with van der Waals surface area (Å²) in [6.07, 6.45) is 1.36. The fraction of sp³-hybridized carbons (Fsp3) is 0.167. The third kappa shape index (κ3) is 1.87. The van der Waals surface area contributed by atoms with E-state index in [4.69, 9.17) is 9.79 Å². The van der Waals surface area contributed by atoms with Crippen molar-refractivity contribution in [2.24, 2.45) is 0 Å². The summed E-state index contributed by atoms with van der Waals surface area (Å²) < 4.78 is 10.7. The highest BCUT2D eigenvalue weighted by molar-refractivity contribution is 7.60. The van der Waals surface area contributed by atoms with Crippen LogP contribution in [0, 0.1) is 6.92 Å². The SMILES string of the molecule is Cc1cccnc1P(=O)(O)O. The molecule has 60 valence electrons. The van der Waals surface area contributed by atoms with Gasteiger partial charge in [0.05, 0.1) is 0 Å². The summed E-state index contributed by atoms with van der Waals surface area (Å²) in [4.78, 5) is 21.0. The van der Waals surface area contributed by atoms with Gasteiger partial charge in [0.25, 0.3) is 0 Å². The molecule has 0 spiro atoms. The van der Waals surface area contributed by atoms with E-state index >= 15 is 0 Å². The normalized spacial score (nSPS) is 11.5. The molecule has 2 N–H and O–H groups in total. The summed E-state index contributed by atoms with van der Waals surface area (Å²) in [6.45, 7) is 1.61. The largest absolute Gasteiger partial charge is 0.374 e. The quantitative estimate of drug-likeness (QED) is 0.595. The van der Waals surface area contributed by atoms with Crippen molar-refractivity contribution >= 4 is 13.0 Å². The molecule has 4 nitrogen and oxygen atoms in total. The zero-order valence-corrected chi connectivity index (χ0v) is 6.82. The summed E-state index contributed by atoms with van der Waals surface area (Å²) in [5.41, 5.74) is 0.376. The summed E-state index contributed by atoms with van der Waals surface area (Å²) in [5.74, 6) is 0. The van der Waals surface area contributed by atoms with Gasteiger partial charge in [-0.1, -0.05) is 6.07 Å². The van der Waals surface area contributed by atoms with Crippen molar-refractivity contribution in [1.29, 1.82) is 0 Å². The number of pyridine rings is 1. The topological polar surface area (TPSA) is 70.4 Å². The highest BCUT2D eigenvalue weighted by Crippen LogP contribution is 2.32. The number of rotatable bonds is 1. The number of hydrogen-bond donors (Lipinski definition) is 2. The molecule has 1 rings (SSSR count). The third-order valence-corrected chi connectivity index (χ3v) is 2.28. The van der Waals surface area contributed by atoms with E-state index in [2.05, 4.69) is 4.98 Å². The minimum absolute atomic E-state index is 0.139. The smallest absolute Gasteiger partial charge is 0.320 e. The van der Waals surface area contributed by atoms with Gasteiger partial charge in [0.1, 0.15) is 0 Å². The molecule has 0 aliphatic heterocycles. The van der Waals surface area contributed by atoms with Crippen LogP contribution in [-0.4, -0.2) is 14.8 Å². The third-order valence-electron chi connectivity index (χ3n) is 1.26. The van der Waals surface area contributed by atoms with Crippen LogP contribution >= 0.6 is 7.60 Å². The molecule has 0 aromatic carbocycles. The molecule has 11 heavy (non-hydrogen) atoms. The van der Waals surface area contributed by atoms with Crippen molar-refractivity contribution in [3.05, 3.63) is 23.9 Å². The molecule has 0 atom stereocenters. The van der Waals surface area contributed by atoms with Gasteiger partial charge in [-0.25, -0.2) is 4.98 Å². The first-order valence-electron chi connectivity index (χ1n) is 2.99. The molecule has 0 saturated heterocycles. The summed E-state index contributed by atoms with van der Waals surface area (Å²) in [6, 6.07) is 3.25. The molecule has 5 heteroatoms. The number of aromatic nitrogens is 1. The van der Waals surface area contributed by atoms with Crippen molar-refractivity contribution in [2.75, 3.05) is 0 Å². The van der Waals surface area contributed by atoms with Gasteiger partial charge in [0.2, 0.25) is 0 Å².